The largest absolute Gasteiger partial charge is 0.354 e. The number of aryl methyl sites for hydroxylation is 1. The quantitative estimate of drug-likeness (QED) is 0.855. The van der Waals surface area contributed by atoms with Crippen molar-refractivity contribution in [1.29, 1.82) is 0 Å². The summed E-state index contributed by atoms with van der Waals surface area (Å²) in [5, 5.41) is 6.28. The molecule has 2 N–H and O–H groups in total. The summed E-state index contributed by atoms with van der Waals surface area (Å²) in [5.74, 6) is -0.0755. The monoisotopic (exact) mass is 266 g/mol. The van der Waals surface area contributed by atoms with Crippen molar-refractivity contribution in [1.82, 2.24) is 10.6 Å². The van der Waals surface area contributed by atoms with Gasteiger partial charge in [0, 0.05) is 29.6 Å². The number of carbonyl (C=O) groups excluding carboxylic acids is 2. The van der Waals surface area contributed by atoms with E-state index in [0.29, 0.717) is 30.0 Å². The molecule has 0 spiro atoms. The summed E-state index contributed by atoms with van der Waals surface area (Å²) in [6.07, 6.45) is 1.15. The number of carbonyl (C=O) groups is 2. The molecular weight excluding hydrogens is 252 g/mol. The molecule has 18 heavy (non-hydrogen) atoms. The molecule has 1 saturated heterocycles. The Morgan fingerprint density at radius 2 is 2.28 bits per heavy atom. The van der Waals surface area contributed by atoms with Gasteiger partial charge in [-0.1, -0.05) is 11.6 Å². The van der Waals surface area contributed by atoms with Gasteiger partial charge in [-0.2, -0.15) is 0 Å². The average molecular weight is 267 g/mol. The van der Waals surface area contributed by atoms with Crippen molar-refractivity contribution < 1.29 is 9.59 Å². The second-order valence-corrected chi connectivity index (χ2v) is 4.91. The lowest BCUT2D eigenvalue weighted by molar-refractivity contribution is -0.122. The Kier molecular flexibility index (Phi) is 3.87. The predicted molar refractivity (Wildman–Crippen MR) is 69.7 cm³/mol. The van der Waals surface area contributed by atoms with E-state index in [4.69, 9.17) is 11.6 Å². The maximum absolute atomic E-state index is 12.1. The standard InChI is InChI=1S/C13H15ClN2O2/c1-8-6-9(14)2-4-11(8)13(18)16-10-3-5-12(17)15-7-10/h2,4,6,10H,3,5,7H2,1H3,(H,15,17)(H,16,18). The number of hydrogen-bond acceptors (Lipinski definition) is 2. The second-order valence-electron chi connectivity index (χ2n) is 4.47. The highest BCUT2D eigenvalue weighted by Gasteiger charge is 2.20. The predicted octanol–water partition coefficient (Wildman–Crippen LogP) is 1.66. The lowest BCUT2D eigenvalue weighted by Crippen LogP contribution is -2.47. The molecule has 1 aromatic rings. The van der Waals surface area contributed by atoms with E-state index in [0.717, 1.165) is 5.56 Å². The molecule has 96 valence electrons. The fourth-order valence-corrected chi connectivity index (χ4v) is 2.23. The minimum Gasteiger partial charge on any atom is -0.354 e. The van der Waals surface area contributed by atoms with E-state index in [9.17, 15) is 9.59 Å². The van der Waals surface area contributed by atoms with Crippen LogP contribution in [0.3, 0.4) is 0 Å². The number of rotatable bonds is 2. The fourth-order valence-electron chi connectivity index (χ4n) is 2.00. The summed E-state index contributed by atoms with van der Waals surface area (Å²) < 4.78 is 0. The molecule has 1 unspecified atom stereocenters. The van der Waals surface area contributed by atoms with Crippen LogP contribution in [0.5, 0.6) is 0 Å². The molecule has 4 nitrogen and oxygen atoms in total. The third-order valence-corrected chi connectivity index (χ3v) is 3.27. The molecule has 0 saturated carbocycles. The number of benzene rings is 1. The SMILES string of the molecule is Cc1cc(Cl)ccc1C(=O)NC1CCC(=O)NC1. The average Bonchev–Trinajstić information content (AvgIpc) is 2.32. The zero-order valence-corrected chi connectivity index (χ0v) is 10.9. The summed E-state index contributed by atoms with van der Waals surface area (Å²) in [4.78, 5) is 23.1. The summed E-state index contributed by atoms with van der Waals surface area (Å²) in [5.41, 5.74) is 1.47. The first-order chi connectivity index (χ1) is 8.56. The van der Waals surface area contributed by atoms with Crippen LogP contribution in [0.4, 0.5) is 0 Å². The minimum absolute atomic E-state index is 0.00489. The van der Waals surface area contributed by atoms with Crippen LogP contribution in [0.15, 0.2) is 18.2 Å². The molecule has 2 amide bonds. The van der Waals surface area contributed by atoms with Gasteiger partial charge in [-0.05, 0) is 37.1 Å². The Morgan fingerprint density at radius 1 is 1.50 bits per heavy atom. The van der Waals surface area contributed by atoms with Crippen LogP contribution in [-0.2, 0) is 4.79 Å². The van der Waals surface area contributed by atoms with Gasteiger partial charge in [0.2, 0.25) is 5.91 Å². The maximum atomic E-state index is 12.1. The van der Waals surface area contributed by atoms with Crippen molar-refractivity contribution in [3.8, 4) is 0 Å². The van der Waals surface area contributed by atoms with Crippen molar-refractivity contribution in [3.05, 3.63) is 34.3 Å². The van der Waals surface area contributed by atoms with Crippen molar-refractivity contribution in [2.24, 2.45) is 0 Å². The van der Waals surface area contributed by atoms with Gasteiger partial charge in [-0.25, -0.2) is 0 Å². The summed E-state index contributed by atoms with van der Waals surface area (Å²) in [6.45, 7) is 2.35. The molecule has 1 fully saturated rings. The second kappa shape index (κ2) is 5.40. The molecule has 1 heterocycles. The Labute approximate surface area is 111 Å². The molecule has 1 aliphatic heterocycles. The van der Waals surface area contributed by atoms with Gasteiger partial charge in [0.25, 0.3) is 5.91 Å². The van der Waals surface area contributed by atoms with Gasteiger partial charge >= 0.3 is 0 Å². The number of piperidine rings is 1. The molecule has 0 radical (unpaired) electrons. The number of hydrogen-bond donors (Lipinski definition) is 2. The zero-order chi connectivity index (χ0) is 13.1. The zero-order valence-electron chi connectivity index (χ0n) is 10.1. The first-order valence-electron chi connectivity index (χ1n) is 5.90. The first-order valence-corrected chi connectivity index (χ1v) is 6.28. The van der Waals surface area contributed by atoms with Crippen LogP contribution < -0.4 is 10.6 Å². The topological polar surface area (TPSA) is 58.2 Å². The van der Waals surface area contributed by atoms with E-state index >= 15 is 0 Å². The highest BCUT2D eigenvalue weighted by Crippen LogP contribution is 2.15. The molecule has 0 bridgehead atoms. The number of amides is 2. The molecule has 0 aliphatic carbocycles. The Bertz CT molecular complexity index is 478. The van der Waals surface area contributed by atoms with Crippen LogP contribution in [0, 0.1) is 6.92 Å². The van der Waals surface area contributed by atoms with E-state index in [1.54, 1.807) is 18.2 Å². The highest BCUT2D eigenvalue weighted by atomic mass is 35.5. The first kappa shape index (κ1) is 12.9. The van der Waals surface area contributed by atoms with Gasteiger partial charge in [-0.15, -0.1) is 0 Å². The van der Waals surface area contributed by atoms with Gasteiger partial charge in [-0.3, -0.25) is 9.59 Å². The normalized spacial score (nSPS) is 19.2. The maximum Gasteiger partial charge on any atom is 0.251 e. The smallest absolute Gasteiger partial charge is 0.251 e. The molecule has 1 aliphatic rings. The van der Waals surface area contributed by atoms with Crippen molar-refractivity contribution in [2.45, 2.75) is 25.8 Å². The van der Waals surface area contributed by atoms with Gasteiger partial charge in [0.1, 0.15) is 0 Å². The van der Waals surface area contributed by atoms with Crippen molar-refractivity contribution in [3.63, 3.8) is 0 Å². The van der Waals surface area contributed by atoms with E-state index in [-0.39, 0.29) is 17.9 Å². The third-order valence-electron chi connectivity index (χ3n) is 3.03. The third kappa shape index (κ3) is 3.01. The van der Waals surface area contributed by atoms with Crippen LogP contribution in [0.1, 0.15) is 28.8 Å². The molecular formula is C13H15ClN2O2. The molecule has 2 rings (SSSR count). The van der Waals surface area contributed by atoms with Crippen molar-refractivity contribution in [2.75, 3.05) is 6.54 Å². The van der Waals surface area contributed by atoms with E-state index in [1.807, 2.05) is 6.92 Å². The molecule has 1 atom stereocenters. The van der Waals surface area contributed by atoms with E-state index in [2.05, 4.69) is 10.6 Å². The van der Waals surface area contributed by atoms with Gasteiger partial charge in [0.05, 0.1) is 0 Å². The van der Waals surface area contributed by atoms with Crippen molar-refractivity contribution >= 4 is 23.4 Å². The minimum atomic E-state index is -0.120. The Hall–Kier alpha value is -1.55. The summed E-state index contributed by atoms with van der Waals surface area (Å²) in [6, 6.07) is 5.19. The van der Waals surface area contributed by atoms with Crippen LogP contribution in [0.25, 0.3) is 0 Å². The van der Waals surface area contributed by atoms with Crippen LogP contribution >= 0.6 is 11.6 Å². The number of nitrogens with one attached hydrogen (secondary N) is 2. The van der Waals surface area contributed by atoms with Gasteiger partial charge < -0.3 is 10.6 Å². The van der Waals surface area contributed by atoms with Crippen LogP contribution in [0.2, 0.25) is 5.02 Å². The summed E-state index contributed by atoms with van der Waals surface area (Å²) in [7, 11) is 0. The Morgan fingerprint density at radius 3 is 2.89 bits per heavy atom. The highest BCUT2D eigenvalue weighted by molar-refractivity contribution is 6.30. The molecule has 0 aromatic heterocycles. The van der Waals surface area contributed by atoms with Crippen LogP contribution in [-0.4, -0.2) is 24.4 Å². The van der Waals surface area contributed by atoms with E-state index in [1.165, 1.54) is 0 Å². The van der Waals surface area contributed by atoms with E-state index < -0.39 is 0 Å². The number of halogens is 1. The Balaban J connectivity index is 2.01. The summed E-state index contributed by atoms with van der Waals surface area (Å²) >= 11 is 5.85. The fraction of sp³-hybridized carbons (Fsp3) is 0.385. The van der Waals surface area contributed by atoms with Gasteiger partial charge in [0.15, 0.2) is 0 Å². The molecule has 5 heteroatoms. The lowest BCUT2D eigenvalue weighted by Gasteiger charge is -2.23. The lowest BCUT2D eigenvalue weighted by atomic mass is 10.0. The molecule has 1 aromatic carbocycles.